The number of fused-ring (bicyclic) bond motifs is 1. The Balaban J connectivity index is 1.84. The van der Waals surface area contributed by atoms with Gasteiger partial charge in [0.1, 0.15) is 11.6 Å². The first-order chi connectivity index (χ1) is 11.2. The summed E-state index contributed by atoms with van der Waals surface area (Å²) in [5, 5.41) is 1.90. The lowest BCUT2D eigenvalue weighted by atomic mass is 9.91. The monoisotopic (exact) mass is 305 g/mol. The van der Waals surface area contributed by atoms with Crippen molar-refractivity contribution in [2.45, 2.75) is 12.3 Å². The third kappa shape index (κ3) is 3.22. The van der Waals surface area contributed by atoms with Crippen molar-refractivity contribution in [3.63, 3.8) is 0 Å². The first kappa shape index (κ1) is 15.2. The second-order valence-corrected chi connectivity index (χ2v) is 5.59. The Kier molecular flexibility index (Phi) is 4.35. The zero-order valence-corrected chi connectivity index (χ0v) is 12.8. The fraction of sp³-hybridized carbons (Fsp3) is 0.158. The van der Waals surface area contributed by atoms with E-state index in [2.05, 4.69) is 4.98 Å². The van der Waals surface area contributed by atoms with Crippen LogP contribution in [0.5, 0.6) is 0 Å². The Morgan fingerprint density at radius 1 is 1.09 bits per heavy atom. The van der Waals surface area contributed by atoms with Gasteiger partial charge < -0.3 is 11.5 Å². The number of nitrogens with two attached hydrogens (primary N) is 2. The molecule has 0 aliphatic carbocycles. The highest BCUT2D eigenvalue weighted by Crippen LogP contribution is 2.22. The summed E-state index contributed by atoms with van der Waals surface area (Å²) in [6, 6.07) is 17.4. The molecule has 116 valence electrons. The predicted octanol–water partition coefficient (Wildman–Crippen LogP) is 2.67. The molecule has 4 N–H and O–H groups in total. The third-order valence-electron chi connectivity index (χ3n) is 4.06. The molecule has 0 amide bonds. The molecule has 0 bridgehead atoms. The Morgan fingerprint density at radius 3 is 2.61 bits per heavy atom. The number of pyridine rings is 1. The van der Waals surface area contributed by atoms with E-state index in [9.17, 15) is 4.79 Å². The molecule has 3 rings (SSSR count). The van der Waals surface area contributed by atoms with Gasteiger partial charge in [-0.25, -0.2) is 4.98 Å². The van der Waals surface area contributed by atoms with Gasteiger partial charge in [0.15, 0.2) is 0 Å². The third-order valence-corrected chi connectivity index (χ3v) is 4.06. The number of nitrogen functional groups attached to an aromatic ring is 1. The number of hydrogen-bond acceptors (Lipinski definition) is 4. The molecular formula is C19H19N3O. The van der Waals surface area contributed by atoms with E-state index in [1.807, 2.05) is 54.6 Å². The lowest BCUT2D eigenvalue weighted by molar-refractivity contribution is -0.119. The van der Waals surface area contributed by atoms with Gasteiger partial charge in [-0.2, -0.15) is 0 Å². The van der Waals surface area contributed by atoms with Crippen LogP contribution in [0.2, 0.25) is 0 Å². The minimum Gasteiger partial charge on any atom is -0.383 e. The second kappa shape index (κ2) is 6.58. The molecule has 0 radical (unpaired) electrons. The molecule has 0 fully saturated rings. The Labute approximate surface area is 135 Å². The molecule has 1 heterocycles. The average molecular weight is 305 g/mol. The van der Waals surface area contributed by atoms with E-state index < -0.39 is 0 Å². The topological polar surface area (TPSA) is 82.0 Å². The first-order valence-electron chi connectivity index (χ1n) is 7.60. The van der Waals surface area contributed by atoms with Crippen molar-refractivity contribution in [3.05, 3.63) is 71.9 Å². The zero-order valence-electron chi connectivity index (χ0n) is 12.8. The van der Waals surface area contributed by atoms with Crippen molar-refractivity contribution in [2.24, 2.45) is 5.73 Å². The summed E-state index contributed by atoms with van der Waals surface area (Å²) >= 11 is 0. The summed E-state index contributed by atoms with van der Waals surface area (Å²) in [6.45, 7) is 0.313. The van der Waals surface area contributed by atoms with E-state index in [1.165, 1.54) is 0 Å². The number of carbonyl (C=O) groups is 1. The number of nitrogens with zero attached hydrogens (tertiary/aromatic N) is 1. The summed E-state index contributed by atoms with van der Waals surface area (Å²) in [4.78, 5) is 16.7. The number of Topliss-reactive ketones (excluding diaryl/α,β-unsaturated/α-hetero) is 1. The van der Waals surface area contributed by atoms with Gasteiger partial charge in [-0.05, 0) is 22.6 Å². The van der Waals surface area contributed by atoms with E-state index in [4.69, 9.17) is 11.5 Å². The highest BCUT2D eigenvalue weighted by Gasteiger charge is 2.19. The highest BCUT2D eigenvalue weighted by molar-refractivity contribution is 5.93. The molecule has 23 heavy (non-hydrogen) atoms. The largest absolute Gasteiger partial charge is 0.383 e. The minimum absolute atomic E-state index is 0.125. The van der Waals surface area contributed by atoms with E-state index in [0.717, 1.165) is 21.9 Å². The molecule has 3 aromatic rings. The van der Waals surface area contributed by atoms with Gasteiger partial charge in [-0.1, -0.05) is 48.5 Å². The van der Waals surface area contributed by atoms with Gasteiger partial charge in [0, 0.05) is 24.5 Å². The van der Waals surface area contributed by atoms with Crippen LogP contribution in [0.25, 0.3) is 10.8 Å². The van der Waals surface area contributed by atoms with Crippen molar-refractivity contribution >= 4 is 22.4 Å². The van der Waals surface area contributed by atoms with E-state index in [0.29, 0.717) is 18.8 Å². The van der Waals surface area contributed by atoms with Crippen molar-refractivity contribution in [2.75, 3.05) is 12.3 Å². The fourth-order valence-electron chi connectivity index (χ4n) is 2.82. The van der Waals surface area contributed by atoms with Crippen LogP contribution in [0.1, 0.15) is 17.0 Å². The standard InChI is InChI=1S/C19H19N3O/c20-12-17(14-4-2-1-3-5-14)18(23)11-13-6-7-16-15(10-13)8-9-22-19(16)21/h1-10,17H,11-12,20H2,(H2,21,22)/t17-/m1/s1. The number of hydrogen-bond donors (Lipinski definition) is 2. The van der Waals surface area contributed by atoms with Crippen molar-refractivity contribution in [3.8, 4) is 0 Å². The molecular weight excluding hydrogens is 286 g/mol. The Morgan fingerprint density at radius 2 is 1.87 bits per heavy atom. The van der Waals surface area contributed by atoms with Gasteiger partial charge in [0.2, 0.25) is 0 Å². The minimum atomic E-state index is -0.269. The van der Waals surface area contributed by atoms with Crippen LogP contribution in [0.15, 0.2) is 60.8 Å². The van der Waals surface area contributed by atoms with Crippen LogP contribution >= 0.6 is 0 Å². The van der Waals surface area contributed by atoms with Gasteiger partial charge in [0.05, 0.1) is 5.92 Å². The summed E-state index contributed by atoms with van der Waals surface area (Å²) in [5.41, 5.74) is 13.6. The maximum atomic E-state index is 12.6. The van der Waals surface area contributed by atoms with E-state index >= 15 is 0 Å². The molecule has 0 spiro atoms. The number of benzene rings is 2. The predicted molar refractivity (Wildman–Crippen MR) is 93.1 cm³/mol. The summed E-state index contributed by atoms with van der Waals surface area (Å²) in [5.74, 6) is 0.360. The molecule has 0 saturated carbocycles. The van der Waals surface area contributed by atoms with E-state index in [-0.39, 0.29) is 11.7 Å². The molecule has 0 unspecified atom stereocenters. The molecule has 1 aromatic heterocycles. The van der Waals surface area contributed by atoms with Crippen molar-refractivity contribution in [1.82, 2.24) is 4.98 Å². The number of anilines is 1. The van der Waals surface area contributed by atoms with Gasteiger partial charge >= 0.3 is 0 Å². The molecule has 0 aliphatic heterocycles. The lowest BCUT2D eigenvalue weighted by Crippen LogP contribution is -2.23. The zero-order chi connectivity index (χ0) is 16.2. The Hall–Kier alpha value is -2.72. The quantitative estimate of drug-likeness (QED) is 0.759. The first-order valence-corrected chi connectivity index (χ1v) is 7.60. The van der Waals surface area contributed by atoms with Gasteiger partial charge in [0.25, 0.3) is 0 Å². The molecule has 0 aliphatic rings. The van der Waals surface area contributed by atoms with E-state index in [1.54, 1.807) is 6.20 Å². The number of ketones is 1. The van der Waals surface area contributed by atoms with Crippen LogP contribution in [-0.4, -0.2) is 17.3 Å². The number of carbonyl (C=O) groups excluding carboxylic acids is 1. The Bertz CT molecular complexity index is 830. The normalized spacial score (nSPS) is 12.2. The van der Waals surface area contributed by atoms with Crippen LogP contribution in [0, 0.1) is 0 Å². The average Bonchev–Trinajstić information content (AvgIpc) is 2.56. The van der Waals surface area contributed by atoms with Crippen molar-refractivity contribution < 1.29 is 4.79 Å². The second-order valence-electron chi connectivity index (χ2n) is 5.59. The fourth-order valence-corrected chi connectivity index (χ4v) is 2.82. The summed E-state index contributed by atoms with van der Waals surface area (Å²) in [6.07, 6.45) is 2.03. The van der Waals surface area contributed by atoms with Crippen molar-refractivity contribution in [1.29, 1.82) is 0 Å². The number of rotatable bonds is 5. The summed E-state index contributed by atoms with van der Waals surface area (Å²) < 4.78 is 0. The maximum absolute atomic E-state index is 12.6. The van der Waals surface area contributed by atoms with Gasteiger partial charge in [-0.15, -0.1) is 0 Å². The highest BCUT2D eigenvalue weighted by atomic mass is 16.1. The summed E-state index contributed by atoms with van der Waals surface area (Å²) in [7, 11) is 0. The molecule has 4 nitrogen and oxygen atoms in total. The molecule has 2 aromatic carbocycles. The lowest BCUT2D eigenvalue weighted by Gasteiger charge is -2.14. The maximum Gasteiger partial charge on any atom is 0.145 e. The van der Waals surface area contributed by atoms with Gasteiger partial charge in [-0.3, -0.25) is 4.79 Å². The van der Waals surface area contributed by atoms with Crippen LogP contribution < -0.4 is 11.5 Å². The molecule has 4 heteroatoms. The van der Waals surface area contributed by atoms with Crippen LogP contribution in [0.3, 0.4) is 0 Å². The number of aromatic nitrogens is 1. The molecule has 0 saturated heterocycles. The SMILES string of the molecule is NC[C@@H](C(=O)Cc1ccc2c(N)nccc2c1)c1ccccc1. The molecule has 1 atom stereocenters. The smallest absolute Gasteiger partial charge is 0.145 e. The van der Waals surface area contributed by atoms with Crippen LogP contribution in [0.4, 0.5) is 5.82 Å². The van der Waals surface area contributed by atoms with Crippen LogP contribution in [-0.2, 0) is 11.2 Å².